The Bertz CT molecular complexity index is 1040. The third kappa shape index (κ3) is 3.61. The molecule has 0 saturated heterocycles. The molecule has 2 heterocycles. The van der Waals surface area contributed by atoms with E-state index in [-0.39, 0.29) is 22.7 Å². The van der Waals surface area contributed by atoms with Crippen LogP contribution in [0.3, 0.4) is 0 Å². The molecule has 0 fully saturated rings. The van der Waals surface area contributed by atoms with Crippen molar-refractivity contribution in [3.05, 3.63) is 59.0 Å². The van der Waals surface area contributed by atoms with Gasteiger partial charge in [-0.3, -0.25) is 9.36 Å². The van der Waals surface area contributed by atoms with Gasteiger partial charge < -0.3 is 19.9 Å². The number of thioether (sulfide) groups is 1. The molecule has 0 radical (unpaired) electrons. The molecule has 7 nitrogen and oxygen atoms in total. The molecule has 4 rings (SSSR count). The van der Waals surface area contributed by atoms with E-state index in [4.69, 9.17) is 21.1 Å². The zero-order chi connectivity index (χ0) is 20.5. The fourth-order valence-corrected chi connectivity index (χ4v) is 4.47. The van der Waals surface area contributed by atoms with Gasteiger partial charge in [0.2, 0.25) is 11.7 Å². The van der Waals surface area contributed by atoms with E-state index < -0.39 is 0 Å². The molecule has 150 valence electrons. The maximum atomic E-state index is 12.2. The molecule has 1 amide bonds. The van der Waals surface area contributed by atoms with Crippen LogP contribution in [0.5, 0.6) is 17.2 Å². The quantitative estimate of drug-likeness (QED) is 0.648. The summed E-state index contributed by atoms with van der Waals surface area (Å²) in [5.74, 6) is 1.14. The number of nitrogens with one attached hydrogen (secondary N) is 1. The summed E-state index contributed by atoms with van der Waals surface area (Å²) in [5, 5.41) is 13.5. The normalized spacial score (nSPS) is 16.0. The Morgan fingerprint density at radius 1 is 1.21 bits per heavy atom. The molecule has 0 unspecified atom stereocenters. The van der Waals surface area contributed by atoms with Crippen molar-refractivity contribution in [1.82, 2.24) is 9.55 Å². The van der Waals surface area contributed by atoms with Crippen molar-refractivity contribution in [3.63, 3.8) is 0 Å². The molecule has 0 spiro atoms. The van der Waals surface area contributed by atoms with Gasteiger partial charge in [0.25, 0.3) is 0 Å². The molecule has 9 heteroatoms. The van der Waals surface area contributed by atoms with E-state index in [9.17, 15) is 9.90 Å². The van der Waals surface area contributed by atoms with Gasteiger partial charge >= 0.3 is 0 Å². The number of phenols is 1. The Morgan fingerprint density at radius 2 is 1.86 bits per heavy atom. The molecular formula is C20H18ClN3O4S. The van der Waals surface area contributed by atoms with Crippen molar-refractivity contribution in [2.24, 2.45) is 0 Å². The molecule has 3 aromatic rings. The van der Waals surface area contributed by atoms with Crippen LogP contribution >= 0.6 is 23.4 Å². The highest BCUT2D eigenvalue weighted by molar-refractivity contribution is 8.00. The van der Waals surface area contributed by atoms with Crippen molar-refractivity contribution in [2.75, 3.05) is 25.3 Å². The highest BCUT2D eigenvalue weighted by atomic mass is 35.5. The average molecular weight is 432 g/mol. The first kappa shape index (κ1) is 19.5. The number of benzene rings is 2. The van der Waals surface area contributed by atoms with Crippen LogP contribution in [0.1, 0.15) is 16.5 Å². The number of phenolic OH excluding ortho intramolecular Hbond substituents is 1. The van der Waals surface area contributed by atoms with Gasteiger partial charge in [-0.2, -0.15) is 0 Å². The standard InChI is InChI=1S/C20H18ClN3O4S/c1-27-14-7-11(8-15(28-2)18(14)26)19-17-20(23-16(25)9-29-19)22-10-24(17)13-5-3-12(21)4-6-13/h3-8,10,19,26H,9H2,1-2H3,(H,23,25)/t19-/m0/s1. The Labute approximate surface area is 176 Å². The van der Waals surface area contributed by atoms with Crippen LogP contribution in [0.25, 0.3) is 5.69 Å². The molecule has 1 aromatic heterocycles. The van der Waals surface area contributed by atoms with Crippen molar-refractivity contribution in [2.45, 2.75) is 5.25 Å². The topological polar surface area (TPSA) is 85.6 Å². The summed E-state index contributed by atoms with van der Waals surface area (Å²) in [4.78, 5) is 16.6. The third-order valence-electron chi connectivity index (χ3n) is 4.60. The Kier molecular flexibility index (Phi) is 5.29. The van der Waals surface area contributed by atoms with Gasteiger partial charge in [-0.25, -0.2) is 4.98 Å². The van der Waals surface area contributed by atoms with Gasteiger partial charge in [-0.05, 0) is 42.0 Å². The first-order valence-electron chi connectivity index (χ1n) is 8.71. The van der Waals surface area contributed by atoms with Crippen molar-refractivity contribution in [1.29, 1.82) is 0 Å². The summed E-state index contributed by atoms with van der Waals surface area (Å²) >= 11 is 7.49. The number of methoxy groups -OCH3 is 2. The number of amides is 1. The number of ether oxygens (including phenoxy) is 2. The van der Waals surface area contributed by atoms with Crippen molar-refractivity contribution >= 4 is 35.1 Å². The molecule has 0 bridgehead atoms. The fraction of sp³-hybridized carbons (Fsp3) is 0.200. The fourth-order valence-electron chi connectivity index (χ4n) is 3.24. The summed E-state index contributed by atoms with van der Waals surface area (Å²) in [6.07, 6.45) is 1.67. The lowest BCUT2D eigenvalue weighted by Gasteiger charge is -2.20. The second-order valence-electron chi connectivity index (χ2n) is 6.34. The van der Waals surface area contributed by atoms with E-state index in [2.05, 4.69) is 10.3 Å². The lowest BCUT2D eigenvalue weighted by molar-refractivity contribution is -0.113. The maximum absolute atomic E-state index is 12.2. The number of nitrogens with zero attached hydrogens (tertiary/aromatic N) is 2. The van der Waals surface area contributed by atoms with Crippen LogP contribution in [0, 0.1) is 0 Å². The van der Waals surface area contributed by atoms with E-state index in [0.29, 0.717) is 22.3 Å². The Hall–Kier alpha value is -2.84. The van der Waals surface area contributed by atoms with Crippen LogP contribution in [-0.2, 0) is 4.79 Å². The summed E-state index contributed by atoms with van der Waals surface area (Å²) in [6, 6.07) is 10.9. The van der Waals surface area contributed by atoms with E-state index >= 15 is 0 Å². The van der Waals surface area contributed by atoms with Gasteiger partial charge in [0.1, 0.15) is 6.33 Å². The number of anilines is 1. The minimum Gasteiger partial charge on any atom is -0.502 e. The number of halogens is 1. The van der Waals surface area contributed by atoms with E-state index in [1.807, 2.05) is 16.7 Å². The van der Waals surface area contributed by atoms with Gasteiger partial charge in [0, 0.05) is 10.7 Å². The Balaban J connectivity index is 1.90. The number of hydrogen-bond donors (Lipinski definition) is 2. The predicted octanol–water partition coefficient (Wildman–Crippen LogP) is 4.02. The monoisotopic (exact) mass is 431 g/mol. The first-order chi connectivity index (χ1) is 14.0. The van der Waals surface area contributed by atoms with Crippen molar-refractivity contribution in [3.8, 4) is 22.9 Å². The number of fused-ring (bicyclic) bond motifs is 1. The molecule has 2 N–H and O–H groups in total. The predicted molar refractivity (Wildman–Crippen MR) is 113 cm³/mol. The summed E-state index contributed by atoms with van der Waals surface area (Å²) in [7, 11) is 2.96. The summed E-state index contributed by atoms with van der Waals surface area (Å²) in [5.41, 5.74) is 2.48. The molecule has 0 aliphatic carbocycles. The molecule has 1 aliphatic rings. The third-order valence-corrected chi connectivity index (χ3v) is 6.11. The SMILES string of the molecule is COc1cc([C@@H]2SCC(=O)Nc3ncn(-c4ccc(Cl)cc4)c32)cc(OC)c1O. The minimum atomic E-state index is -0.259. The number of carbonyl (C=O) groups excluding carboxylic acids is 1. The van der Waals surface area contributed by atoms with Crippen molar-refractivity contribution < 1.29 is 19.4 Å². The number of aromatic hydroxyl groups is 1. The average Bonchev–Trinajstić information content (AvgIpc) is 3.04. The number of carbonyl (C=O) groups is 1. The first-order valence-corrected chi connectivity index (χ1v) is 10.1. The van der Waals surface area contributed by atoms with Crippen LogP contribution in [0.2, 0.25) is 5.02 Å². The van der Waals surface area contributed by atoms with Gasteiger partial charge in [0.05, 0.1) is 30.9 Å². The zero-order valence-corrected chi connectivity index (χ0v) is 17.3. The van der Waals surface area contributed by atoms with Crippen LogP contribution in [-0.4, -0.2) is 40.5 Å². The smallest absolute Gasteiger partial charge is 0.235 e. The van der Waals surface area contributed by atoms with E-state index in [0.717, 1.165) is 16.9 Å². The summed E-state index contributed by atoms with van der Waals surface area (Å²) in [6.45, 7) is 0. The molecule has 1 aliphatic heterocycles. The Morgan fingerprint density at radius 3 is 2.48 bits per heavy atom. The summed E-state index contributed by atoms with van der Waals surface area (Å²) < 4.78 is 12.5. The zero-order valence-electron chi connectivity index (χ0n) is 15.7. The van der Waals surface area contributed by atoms with Gasteiger partial charge in [-0.15, -0.1) is 11.8 Å². The lowest BCUT2D eigenvalue weighted by atomic mass is 10.1. The maximum Gasteiger partial charge on any atom is 0.235 e. The highest BCUT2D eigenvalue weighted by Crippen LogP contribution is 2.46. The van der Waals surface area contributed by atoms with Crippen LogP contribution in [0.4, 0.5) is 5.82 Å². The highest BCUT2D eigenvalue weighted by Gasteiger charge is 2.30. The van der Waals surface area contributed by atoms with E-state index in [1.165, 1.54) is 26.0 Å². The van der Waals surface area contributed by atoms with Crippen LogP contribution < -0.4 is 14.8 Å². The molecule has 2 aromatic carbocycles. The molecule has 29 heavy (non-hydrogen) atoms. The minimum absolute atomic E-state index is 0.0713. The number of hydrogen-bond acceptors (Lipinski definition) is 6. The number of aromatic nitrogens is 2. The number of imidazole rings is 1. The second kappa shape index (κ2) is 7.88. The lowest BCUT2D eigenvalue weighted by Crippen LogP contribution is -2.12. The largest absolute Gasteiger partial charge is 0.502 e. The van der Waals surface area contributed by atoms with Gasteiger partial charge in [0.15, 0.2) is 17.3 Å². The number of rotatable bonds is 4. The molecule has 1 atom stereocenters. The molecule has 0 saturated carbocycles. The van der Waals surface area contributed by atoms with Gasteiger partial charge in [-0.1, -0.05) is 11.6 Å². The van der Waals surface area contributed by atoms with Crippen LogP contribution in [0.15, 0.2) is 42.7 Å². The molecular weight excluding hydrogens is 414 g/mol. The second-order valence-corrected chi connectivity index (χ2v) is 7.87. The van der Waals surface area contributed by atoms with E-state index in [1.54, 1.807) is 30.6 Å².